The summed E-state index contributed by atoms with van der Waals surface area (Å²) in [5.41, 5.74) is 4.68. The molecule has 2 heteroatoms. The quantitative estimate of drug-likeness (QED) is 0.790. The van der Waals surface area contributed by atoms with Crippen LogP contribution in [0.5, 0.6) is 0 Å². The maximum absolute atomic E-state index is 5.93. The van der Waals surface area contributed by atoms with E-state index < -0.39 is 0 Å². The van der Waals surface area contributed by atoms with E-state index >= 15 is 0 Å². The Kier molecular flexibility index (Phi) is 3.16. The summed E-state index contributed by atoms with van der Waals surface area (Å²) in [6.07, 6.45) is 0. The van der Waals surface area contributed by atoms with Crippen molar-refractivity contribution in [1.82, 2.24) is 0 Å². The first kappa shape index (κ1) is 11.0. The largest absolute Gasteiger partial charge is 0.355 e. The third-order valence-electron chi connectivity index (χ3n) is 2.62. The van der Waals surface area contributed by atoms with Crippen molar-refractivity contribution in [3.8, 4) is 0 Å². The van der Waals surface area contributed by atoms with E-state index in [0.29, 0.717) is 0 Å². The Balaban J connectivity index is 2.24. The predicted octanol–water partition coefficient (Wildman–Crippen LogP) is 4.70. The number of anilines is 2. The smallest absolute Gasteiger partial charge is 0.0426 e. The van der Waals surface area contributed by atoms with Gasteiger partial charge in [-0.25, -0.2) is 0 Å². The second-order valence-corrected chi connectivity index (χ2v) is 4.37. The third-order valence-corrected chi connectivity index (χ3v) is 2.86. The number of rotatable bonds is 2. The zero-order valence-electron chi connectivity index (χ0n) is 9.42. The minimum absolute atomic E-state index is 0.744. The molecule has 1 nitrogen and oxygen atoms in total. The maximum Gasteiger partial charge on any atom is 0.0426 e. The highest BCUT2D eigenvalue weighted by molar-refractivity contribution is 6.30. The van der Waals surface area contributed by atoms with Crippen molar-refractivity contribution in [2.45, 2.75) is 13.8 Å². The van der Waals surface area contributed by atoms with Crippen LogP contribution in [-0.2, 0) is 0 Å². The topological polar surface area (TPSA) is 12.0 Å². The minimum atomic E-state index is 0.744. The number of benzene rings is 2. The minimum Gasteiger partial charge on any atom is -0.355 e. The molecule has 0 aromatic heterocycles. The molecule has 0 spiro atoms. The van der Waals surface area contributed by atoms with Gasteiger partial charge in [0.05, 0.1) is 0 Å². The lowest BCUT2D eigenvalue weighted by Gasteiger charge is -2.08. The van der Waals surface area contributed by atoms with Gasteiger partial charge in [0.1, 0.15) is 0 Å². The molecule has 0 aliphatic carbocycles. The van der Waals surface area contributed by atoms with Gasteiger partial charge in [-0.2, -0.15) is 0 Å². The van der Waals surface area contributed by atoms with Crippen LogP contribution in [0.15, 0.2) is 42.5 Å². The van der Waals surface area contributed by atoms with Crippen LogP contribution >= 0.6 is 11.6 Å². The Hall–Kier alpha value is -1.47. The van der Waals surface area contributed by atoms with E-state index in [1.54, 1.807) is 0 Å². The van der Waals surface area contributed by atoms with Gasteiger partial charge in [0, 0.05) is 16.4 Å². The van der Waals surface area contributed by atoms with Crippen LogP contribution in [0.1, 0.15) is 11.1 Å². The molecule has 0 bridgehead atoms. The van der Waals surface area contributed by atoms with Gasteiger partial charge in [0.25, 0.3) is 0 Å². The van der Waals surface area contributed by atoms with Crippen molar-refractivity contribution in [2.24, 2.45) is 0 Å². The number of hydrogen-bond acceptors (Lipinski definition) is 1. The summed E-state index contributed by atoms with van der Waals surface area (Å²) in [7, 11) is 0. The SMILES string of the molecule is Cc1ccc(Nc2cccc(Cl)c2)cc1C. The average Bonchev–Trinajstić information content (AvgIpc) is 2.24. The summed E-state index contributed by atoms with van der Waals surface area (Å²) in [6, 6.07) is 14.0. The Morgan fingerprint density at radius 3 is 2.31 bits per heavy atom. The predicted molar refractivity (Wildman–Crippen MR) is 70.7 cm³/mol. The van der Waals surface area contributed by atoms with Crippen LogP contribution in [0.4, 0.5) is 11.4 Å². The summed E-state index contributed by atoms with van der Waals surface area (Å²) in [6.45, 7) is 4.22. The normalized spacial score (nSPS) is 10.2. The summed E-state index contributed by atoms with van der Waals surface area (Å²) in [5.74, 6) is 0. The fourth-order valence-corrected chi connectivity index (χ4v) is 1.74. The summed E-state index contributed by atoms with van der Waals surface area (Å²) in [4.78, 5) is 0. The second-order valence-electron chi connectivity index (χ2n) is 3.93. The lowest BCUT2D eigenvalue weighted by molar-refractivity contribution is 1.34. The lowest BCUT2D eigenvalue weighted by Crippen LogP contribution is -1.91. The molecule has 2 aromatic rings. The summed E-state index contributed by atoms with van der Waals surface area (Å²) < 4.78 is 0. The van der Waals surface area contributed by atoms with Gasteiger partial charge in [-0.05, 0) is 55.3 Å². The number of aryl methyl sites for hydroxylation is 2. The molecule has 82 valence electrons. The van der Waals surface area contributed by atoms with E-state index in [2.05, 4.69) is 37.4 Å². The fourth-order valence-electron chi connectivity index (χ4n) is 1.55. The van der Waals surface area contributed by atoms with Gasteiger partial charge in [-0.15, -0.1) is 0 Å². The highest BCUT2D eigenvalue weighted by atomic mass is 35.5. The van der Waals surface area contributed by atoms with Crippen molar-refractivity contribution in [2.75, 3.05) is 5.32 Å². The van der Waals surface area contributed by atoms with Crippen LogP contribution < -0.4 is 5.32 Å². The standard InChI is InChI=1S/C14H14ClN/c1-10-6-7-14(8-11(10)2)16-13-5-3-4-12(15)9-13/h3-9,16H,1-2H3. The fraction of sp³-hybridized carbons (Fsp3) is 0.143. The highest BCUT2D eigenvalue weighted by Crippen LogP contribution is 2.21. The van der Waals surface area contributed by atoms with E-state index in [1.165, 1.54) is 11.1 Å². The molecule has 0 amide bonds. The molecule has 0 aliphatic heterocycles. The summed E-state index contributed by atoms with van der Waals surface area (Å²) in [5, 5.41) is 4.07. The molecule has 16 heavy (non-hydrogen) atoms. The van der Waals surface area contributed by atoms with Gasteiger partial charge in [0.15, 0.2) is 0 Å². The van der Waals surface area contributed by atoms with E-state index in [9.17, 15) is 0 Å². The van der Waals surface area contributed by atoms with Gasteiger partial charge < -0.3 is 5.32 Å². The molecule has 0 aliphatic rings. The first-order valence-corrected chi connectivity index (χ1v) is 5.63. The lowest BCUT2D eigenvalue weighted by atomic mass is 10.1. The molecule has 0 fully saturated rings. The Bertz CT molecular complexity index is 506. The van der Waals surface area contributed by atoms with E-state index in [4.69, 9.17) is 11.6 Å². The van der Waals surface area contributed by atoms with Crippen molar-refractivity contribution in [3.05, 3.63) is 58.6 Å². The Morgan fingerprint density at radius 1 is 0.875 bits per heavy atom. The molecule has 0 saturated carbocycles. The molecular formula is C14H14ClN. The van der Waals surface area contributed by atoms with Gasteiger partial charge in [0.2, 0.25) is 0 Å². The zero-order chi connectivity index (χ0) is 11.5. The molecule has 0 saturated heterocycles. The average molecular weight is 232 g/mol. The van der Waals surface area contributed by atoms with Gasteiger partial charge in [-0.3, -0.25) is 0 Å². The Morgan fingerprint density at radius 2 is 1.62 bits per heavy atom. The summed E-state index contributed by atoms with van der Waals surface area (Å²) >= 11 is 5.93. The van der Waals surface area contributed by atoms with Crippen LogP contribution in [0.3, 0.4) is 0 Å². The number of hydrogen-bond donors (Lipinski definition) is 1. The van der Waals surface area contributed by atoms with Crippen LogP contribution in [0, 0.1) is 13.8 Å². The first-order valence-electron chi connectivity index (χ1n) is 5.25. The van der Waals surface area contributed by atoms with Crippen molar-refractivity contribution >= 4 is 23.0 Å². The van der Waals surface area contributed by atoms with Gasteiger partial charge >= 0.3 is 0 Å². The zero-order valence-corrected chi connectivity index (χ0v) is 10.2. The third kappa shape index (κ3) is 2.56. The molecule has 0 radical (unpaired) electrons. The highest BCUT2D eigenvalue weighted by Gasteiger charge is 1.97. The maximum atomic E-state index is 5.93. The molecule has 2 rings (SSSR count). The monoisotopic (exact) mass is 231 g/mol. The molecule has 2 aromatic carbocycles. The van der Waals surface area contributed by atoms with E-state index in [0.717, 1.165) is 16.4 Å². The van der Waals surface area contributed by atoms with Crippen molar-refractivity contribution < 1.29 is 0 Å². The molecule has 0 atom stereocenters. The van der Waals surface area contributed by atoms with Crippen molar-refractivity contribution in [3.63, 3.8) is 0 Å². The van der Waals surface area contributed by atoms with E-state index in [-0.39, 0.29) is 0 Å². The van der Waals surface area contributed by atoms with Crippen molar-refractivity contribution in [1.29, 1.82) is 0 Å². The Labute approximate surface area is 101 Å². The number of nitrogens with one attached hydrogen (secondary N) is 1. The molecule has 0 unspecified atom stereocenters. The van der Waals surface area contributed by atoms with Crippen LogP contribution in [-0.4, -0.2) is 0 Å². The molecule has 0 heterocycles. The second kappa shape index (κ2) is 4.58. The van der Waals surface area contributed by atoms with Crippen LogP contribution in [0.25, 0.3) is 0 Å². The van der Waals surface area contributed by atoms with E-state index in [1.807, 2.05) is 24.3 Å². The van der Waals surface area contributed by atoms with Crippen LogP contribution in [0.2, 0.25) is 5.02 Å². The first-order chi connectivity index (χ1) is 7.65. The molecular weight excluding hydrogens is 218 g/mol. The number of halogens is 1. The van der Waals surface area contributed by atoms with Gasteiger partial charge in [-0.1, -0.05) is 23.7 Å². The molecule has 1 N–H and O–H groups in total.